The van der Waals surface area contributed by atoms with Gasteiger partial charge in [0, 0.05) is 0 Å². The van der Waals surface area contributed by atoms with Crippen LogP contribution in [0.5, 0.6) is 5.75 Å². The van der Waals surface area contributed by atoms with Crippen LogP contribution in [0.15, 0.2) is 36.9 Å². The Kier molecular flexibility index (Phi) is 4.73. The van der Waals surface area contributed by atoms with Gasteiger partial charge in [0.05, 0.1) is 0 Å². The molecule has 16 heavy (non-hydrogen) atoms. The number of carbonyl (C=O) groups is 1. The van der Waals surface area contributed by atoms with E-state index in [1.807, 2.05) is 12.1 Å². The third-order valence-corrected chi connectivity index (χ3v) is 2.15. The van der Waals surface area contributed by atoms with Crippen LogP contribution in [-0.2, 0) is 11.2 Å². The minimum atomic E-state index is -1.46. The van der Waals surface area contributed by atoms with Gasteiger partial charge >= 0.3 is 0 Å². The van der Waals surface area contributed by atoms with E-state index in [0.717, 1.165) is 18.9 Å². The lowest BCUT2D eigenvalue weighted by atomic mass is 10.1. The number of carbonyl (C=O) groups excluding carboxylic acids is 1. The fourth-order valence-corrected chi connectivity index (χ4v) is 1.31. The van der Waals surface area contributed by atoms with Gasteiger partial charge in [-0.05, 0) is 30.2 Å². The summed E-state index contributed by atoms with van der Waals surface area (Å²) < 4.78 is 5.03. The van der Waals surface area contributed by atoms with Gasteiger partial charge in [-0.1, -0.05) is 32.1 Å². The van der Waals surface area contributed by atoms with Crippen LogP contribution < -0.4 is 4.74 Å². The number of benzene rings is 1. The molecule has 0 saturated carbocycles. The van der Waals surface area contributed by atoms with Crippen molar-refractivity contribution in [1.29, 1.82) is 0 Å². The van der Waals surface area contributed by atoms with Gasteiger partial charge in [0.2, 0.25) is 5.78 Å². The highest BCUT2D eigenvalue weighted by atomic mass is 16.6. The number of rotatable bonds is 6. The summed E-state index contributed by atoms with van der Waals surface area (Å²) in [6.45, 7) is 5.38. The summed E-state index contributed by atoms with van der Waals surface area (Å²) in [4.78, 5) is 11.0. The lowest BCUT2D eigenvalue weighted by Crippen LogP contribution is -2.24. The molecule has 0 heterocycles. The highest BCUT2D eigenvalue weighted by Gasteiger charge is 2.12. The summed E-state index contributed by atoms with van der Waals surface area (Å²) in [5, 5.41) is 9.30. The van der Waals surface area contributed by atoms with Crippen molar-refractivity contribution in [3.05, 3.63) is 42.5 Å². The van der Waals surface area contributed by atoms with Crippen LogP contribution in [-0.4, -0.2) is 17.2 Å². The van der Waals surface area contributed by atoms with Gasteiger partial charge in [0.15, 0.2) is 0 Å². The Hall–Kier alpha value is -1.61. The first-order chi connectivity index (χ1) is 7.67. The van der Waals surface area contributed by atoms with Gasteiger partial charge in [-0.2, -0.15) is 0 Å². The molecule has 0 aromatic heterocycles. The predicted molar refractivity (Wildman–Crippen MR) is 62.3 cm³/mol. The van der Waals surface area contributed by atoms with Crippen LogP contribution in [0, 0.1) is 0 Å². The first-order valence-corrected chi connectivity index (χ1v) is 5.27. The van der Waals surface area contributed by atoms with Crippen LogP contribution in [0.4, 0.5) is 0 Å². The zero-order valence-electron chi connectivity index (χ0n) is 9.35. The average Bonchev–Trinajstić information content (AvgIpc) is 2.31. The summed E-state index contributed by atoms with van der Waals surface area (Å²) in [6.07, 6.45) is 1.66. The second kappa shape index (κ2) is 6.08. The molecule has 1 aromatic rings. The van der Waals surface area contributed by atoms with E-state index in [1.54, 1.807) is 12.1 Å². The lowest BCUT2D eigenvalue weighted by molar-refractivity contribution is -0.135. The Labute approximate surface area is 95.4 Å². The van der Waals surface area contributed by atoms with Crippen molar-refractivity contribution in [2.45, 2.75) is 26.1 Å². The van der Waals surface area contributed by atoms with E-state index in [2.05, 4.69) is 13.5 Å². The minimum Gasteiger partial charge on any atom is -0.457 e. The molecule has 0 aliphatic carbocycles. The molecule has 1 rings (SSSR count). The predicted octanol–water partition coefficient (Wildman–Crippen LogP) is 2.09. The number of hydrogen-bond donors (Lipinski definition) is 1. The van der Waals surface area contributed by atoms with Crippen molar-refractivity contribution in [1.82, 2.24) is 0 Å². The smallest absolute Gasteiger partial charge is 0.261 e. The second-order valence-corrected chi connectivity index (χ2v) is 3.47. The fraction of sp³-hybridized carbons (Fsp3) is 0.308. The van der Waals surface area contributed by atoms with Crippen molar-refractivity contribution >= 4 is 5.78 Å². The van der Waals surface area contributed by atoms with Gasteiger partial charge in [-0.15, -0.1) is 0 Å². The summed E-state index contributed by atoms with van der Waals surface area (Å²) in [5.74, 6) is -0.0693. The highest BCUT2D eigenvalue weighted by Crippen LogP contribution is 2.14. The Morgan fingerprint density at radius 3 is 2.62 bits per heavy atom. The second-order valence-electron chi connectivity index (χ2n) is 3.47. The van der Waals surface area contributed by atoms with Crippen molar-refractivity contribution in [3.63, 3.8) is 0 Å². The van der Waals surface area contributed by atoms with E-state index in [0.29, 0.717) is 5.75 Å². The minimum absolute atomic E-state index is 0.475. The standard InChI is InChI=1S/C13H16O3/c1-3-5-10-6-8-11(9-7-10)16-13(15)12(14)4-2/h4,6-9,13,15H,2-3,5H2,1H3. The molecule has 3 nitrogen and oxygen atoms in total. The quantitative estimate of drug-likeness (QED) is 0.590. The number of aliphatic hydroxyl groups is 1. The first kappa shape index (κ1) is 12.5. The van der Waals surface area contributed by atoms with E-state index in [-0.39, 0.29) is 0 Å². The fourth-order valence-electron chi connectivity index (χ4n) is 1.31. The maximum Gasteiger partial charge on any atom is 0.261 e. The molecule has 0 saturated heterocycles. The molecule has 1 N–H and O–H groups in total. The van der Waals surface area contributed by atoms with E-state index in [4.69, 9.17) is 4.74 Å². The molecule has 0 fully saturated rings. The highest BCUT2D eigenvalue weighted by molar-refractivity contribution is 5.91. The van der Waals surface area contributed by atoms with Gasteiger partial charge in [-0.25, -0.2) is 0 Å². The topological polar surface area (TPSA) is 46.5 Å². The monoisotopic (exact) mass is 220 g/mol. The molecule has 0 spiro atoms. The molecule has 1 aromatic carbocycles. The Balaban J connectivity index is 2.61. The van der Waals surface area contributed by atoms with Gasteiger partial charge in [0.1, 0.15) is 5.75 Å². The Morgan fingerprint density at radius 2 is 2.12 bits per heavy atom. The van der Waals surface area contributed by atoms with Crippen molar-refractivity contribution < 1.29 is 14.6 Å². The zero-order valence-corrected chi connectivity index (χ0v) is 9.35. The largest absolute Gasteiger partial charge is 0.457 e. The number of ether oxygens (including phenoxy) is 1. The van der Waals surface area contributed by atoms with Crippen molar-refractivity contribution in [2.75, 3.05) is 0 Å². The molecular weight excluding hydrogens is 204 g/mol. The van der Waals surface area contributed by atoms with E-state index >= 15 is 0 Å². The third-order valence-electron chi connectivity index (χ3n) is 2.15. The van der Waals surface area contributed by atoms with Crippen LogP contribution in [0.25, 0.3) is 0 Å². The number of aliphatic hydroxyl groups excluding tert-OH is 1. The Bertz CT molecular complexity index is 354. The molecule has 86 valence electrons. The third kappa shape index (κ3) is 3.51. The van der Waals surface area contributed by atoms with Gasteiger partial charge < -0.3 is 9.84 Å². The summed E-state index contributed by atoms with van der Waals surface area (Å²) in [5.41, 5.74) is 1.21. The number of ketones is 1. The van der Waals surface area contributed by atoms with Crippen LogP contribution in [0.1, 0.15) is 18.9 Å². The van der Waals surface area contributed by atoms with E-state index in [1.165, 1.54) is 5.56 Å². The van der Waals surface area contributed by atoms with Crippen molar-refractivity contribution in [3.8, 4) is 5.75 Å². The molecule has 0 amide bonds. The van der Waals surface area contributed by atoms with Crippen LogP contribution in [0.3, 0.4) is 0 Å². The summed E-state index contributed by atoms with van der Waals surface area (Å²) in [6, 6.07) is 7.32. The molecule has 0 radical (unpaired) electrons. The van der Waals surface area contributed by atoms with E-state index in [9.17, 15) is 9.90 Å². The molecular formula is C13H16O3. The number of aryl methyl sites for hydroxylation is 1. The SMILES string of the molecule is C=CC(=O)C(O)Oc1ccc(CCC)cc1. The van der Waals surface area contributed by atoms with Crippen LogP contribution >= 0.6 is 0 Å². The molecule has 1 atom stereocenters. The van der Waals surface area contributed by atoms with Gasteiger partial charge in [0.25, 0.3) is 6.29 Å². The normalized spacial score (nSPS) is 11.9. The lowest BCUT2D eigenvalue weighted by Gasteiger charge is -2.10. The maximum absolute atomic E-state index is 11.0. The first-order valence-electron chi connectivity index (χ1n) is 5.27. The number of hydrogen-bond acceptors (Lipinski definition) is 3. The van der Waals surface area contributed by atoms with Gasteiger partial charge in [-0.3, -0.25) is 4.79 Å². The van der Waals surface area contributed by atoms with Crippen molar-refractivity contribution in [2.24, 2.45) is 0 Å². The molecule has 0 aliphatic heterocycles. The summed E-state index contributed by atoms with van der Waals surface area (Å²) >= 11 is 0. The average molecular weight is 220 g/mol. The Morgan fingerprint density at radius 1 is 1.50 bits per heavy atom. The van der Waals surface area contributed by atoms with Crippen LogP contribution in [0.2, 0.25) is 0 Å². The maximum atomic E-state index is 11.0. The summed E-state index contributed by atoms with van der Waals surface area (Å²) in [7, 11) is 0. The molecule has 3 heteroatoms. The molecule has 1 unspecified atom stereocenters. The molecule has 0 bridgehead atoms. The zero-order chi connectivity index (χ0) is 12.0. The van der Waals surface area contributed by atoms with E-state index < -0.39 is 12.1 Å². The molecule has 0 aliphatic rings.